The zero-order valence-electron chi connectivity index (χ0n) is 26.3. The Labute approximate surface area is 246 Å². The summed E-state index contributed by atoms with van der Waals surface area (Å²) in [4.78, 5) is 15.3. The summed E-state index contributed by atoms with van der Waals surface area (Å²) >= 11 is 0. The molecule has 41 heavy (non-hydrogen) atoms. The number of unbranched alkanes of at least 4 members (excludes halogenated alkanes) is 2. The minimum Gasteiger partial charge on any atom is -0.493 e. The first-order chi connectivity index (χ1) is 19.7. The summed E-state index contributed by atoms with van der Waals surface area (Å²) in [5, 5.41) is 13.4. The molecule has 0 heterocycles. The standard InChI is InChI=1S/C33H49N3O5/c1-9-10-11-17-35-32(37)27-22-31(41-8)29(39-6)20-25(27)15-19-36(4)18-12-16-33(23-34,24(2)3)26-13-14-28(38-5)30(21-26)40-7/h13-14,20-22,24H,9-12,15-19H2,1-8H3,(H,35,37). The van der Waals surface area contributed by atoms with Crippen LogP contribution in [0.3, 0.4) is 0 Å². The molecule has 0 bridgehead atoms. The molecular weight excluding hydrogens is 518 g/mol. The monoisotopic (exact) mass is 567 g/mol. The van der Waals surface area contributed by atoms with E-state index >= 15 is 0 Å². The number of hydrogen-bond acceptors (Lipinski definition) is 7. The van der Waals surface area contributed by atoms with Crippen molar-refractivity contribution in [3.05, 3.63) is 47.0 Å². The second-order valence-electron chi connectivity index (χ2n) is 10.8. The van der Waals surface area contributed by atoms with Crippen molar-refractivity contribution in [1.82, 2.24) is 10.2 Å². The van der Waals surface area contributed by atoms with Crippen molar-refractivity contribution in [2.75, 3.05) is 55.1 Å². The Morgan fingerprint density at radius 1 is 0.927 bits per heavy atom. The predicted octanol–water partition coefficient (Wildman–Crippen LogP) is 6.01. The van der Waals surface area contributed by atoms with Crippen molar-refractivity contribution in [1.29, 1.82) is 5.26 Å². The summed E-state index contributed by atoms with van der Waals surface area (Å²) in [7, 11) is 8.48. The smallest absolute Gasteiger partial charge is 0.251 e. The van der Waals surface area contributed by atoms with Gasteiger partial charge in [0.2, 0.25) is 0 Å². The first-order valence-corrected chi connectivity index (χ1v) is 14.6. The van der Waals surface area contributed by atoms with E-state index in [1.54, 1.807) is 34.5 Å². The van der Waals surface area contributed by atoms with Gasteiger partial charge in [0.25, 0.3) is 5.91 Å². The van der Waals surface area contributed by atoms with Gasteiger partial charge in [-0.05, 0) is 80.6 Å². The first-order valence-electron chi connectivity index (χ1n) is 14.6. The SMILES string of the molecule is CCCCCNC(=O)c1cc(OC)c(OC)cc1CCN(C)CCCC(C#N)(c1ccc(OC)c(OC)c1)C(C)C. The molecule has 1 N–H and O–H groups in total. The van der Waals surface area contributed by atoms with Crippen LogP contribution in [0, 0.1) is 17.2 Å². The third kappa shape index (κ3) is 8.77. The van der Waals surface area contributed by atoms with E-state index in [-0.39, 0.29) is 11.8 Å². The summed E-state index contributed by atoms with van der Waals surface area (Å²) in [6.45, 7) is 8.55. The van der Waals surface area contributed by atoms with Crippen molar-refractivity contribution in [3.63, 3.8) is 0 Å². The Bertz CT molecular complexity index is 1160. The molecule has 0 aliphatic heterocycles. The fourth-order valence-corrected chi connectivity index (χ4v) is 5.19. The third-order valence-electron chi connectivity index (χ3n) is 7.88. The van der Waals surface area contributed by atoms with Gasteiger partial charge in [-0.1, -0.05) is 39.7 Å². The van der Waals surface area contributed by atoms with Crippen LogP contribution in [0.5, 0.6) is 23.0 Å². The first kappa shape index (κ1) is 33.8. The Hall–Kier alpha value is -3.44. The van der Waals surface area contributed by atoms with Crippen molar-refractivity contribution in [2.45, 2.75) is 64.7 Å². The molecule has 0 aliphatic rings. The van der Waals surface area contributed by atoms with E-state index < -0.39 is 5.41 Å². The van der Waals surface area contributed by atoms with Gasteiger partial charge in [-0.25, -0.2) is 0 Å². The van der Waals surface area contributed by atoms with Crippen LogP contribution in [-0.2, 0) is 11.8 Å². The van der Waals surface area contributed by atoms with E-state index in [1.165, 1.54) is 0 Å². The summed E-state index contributed by atoms with van der Waals surface area (Å²) in [5.74, 6) is 2.45. The van der Waals surface area contributed by atoms with Crippen LogP contribution < -0.4 is 24.3 Å². The normalized spacial score (nSPS) is 12.5. The summed E-state index contributed by atoms with van der Waals surface area (Å²) < 4.78 is 21.9. The van der Waals surface area contributed by atoms with E-state index in [2.05, 4.69) is 44.1 Å². The zero-order chi connectivity index (χ0) is 30.4. The van der Waals surface area contributed by atoms with Crippen molar-refractivity contribution < 1.29 is 23.7 Å². The lowest BCUT2D eigenvalue weighted by Crippen LogP contribution is -2.32. The number of hydrogen-bond donors (Lipinski definition) is 1. The van der Waals surface area contributed by atoms with Gasteiger partial charge in [0, 0.05) is 18.7 Å². The highest BCUT2D eigenvalue weighted by molar-refractivity contribution is 5.96. The number of nitriles is 1. The predicted molar refractivity (Wildman–Crippen MR) is 164 cm³/mol. The van der Waals surface area contributed by atoms with E-state index in [4.69, 9.17) is 18.9 Å². The Morgan fingerprint density at radius 2 is 1.56 bits per heavy atom. The van der Waals surface area contributed by atoms with E-state index in [0.717, 1.165) is 49.9 Å². The van der Waals surface area contributed by atoms with Crippen LogP contribution >= 0.6 is 0 Å². The number of methoxy groups -OCH3 is 4. The number of rotatable bonds is 18. The van der Waals surface area contributed by atoms with Crippen LogP contribution in [0.25, 0.3) is 0 Å². The topological polar surface area (TPSA) is 93.1 Å². The van der Waals surface area contributed by atoms with Crippen molar-refractivity contribution >= 4 is 5.91 Å². The molecule has 0 aliphatic carbocycles. The number of amides is 1. The maximum absolute atomic E-state index is 13.1. The Morgan fingerprint density at radius 3 is 2.15 bits per heavy atom. The van der Waals surface area contributed by atoms with Crippen molar-refractivity contribution in [3.8, 4) is 29.1 Å². The second-order valence-corrected chi connectivity index (χ2v) is 10.8. The number of nitrogens with zero attached hydrogens (tertiary/aromatic N) is 2. The van der Waals surface area contributed by atoms with Gasteiger partial charge in [0.05, 0.1) is 39.9 Å². The molecule has 0 radical (unpaired) electrons. The highest BCUT2D eigenvalue weighted by Crippen LogP contribution is 2.40. The number of nitrogens with one attached hydrogen (secondary N) is 1. The van der Waals surface area contributed by atoms with Crippen LogP contribution in [-0.4, -0.2) is 65.9 Å². The van der Waals surface area contributed by atoms with Gasteiger partial charge in [-0.2, -0.15) is 5.26 Å². The lowest BCUT2D eigenvalue weighted by atomic mass is 9.69. The lowest BCUT2D eigenvalue weighted by molar-refractivity contribution is 0.0951. The molecule has 2 aromatic rings. The van der Waals surface area contributed by atoms with Gasteiger partial charge in [0.15, 0.2) is 23.0 Å². The largest absolute Gasteiger partial charge is 0.493 e. The molecule has 8 nitrogen and oxygen atoms in total. The fourth-order valence-electron chi connectivity index (χ4n) is 5.19. The Balaban J connectivity index is 2.13. The number of benzene rings is 2. The van der Waals surface area contributed by atoms with Crippen LogP contribution in [0.1, 0.15) is 74.4 Å². The maximum Gasteiger partial charge on any atom is 0.251 e. The van der Waals surface area contributed by atoms with Gasteiger partial charge < -0.3 is 29.2 Å². The van der Waals surface area contributed by atoms with Gasteiger partial charge >= 0.3 is 0 Å². The van der Waals surface area contributed by atoms with Gasteiger partial charge in [-0.15, -0.1) is 0 Å². The molecular formula is C33H49N3O5. The summed E-state index contributed by atoms with van der Waals surface area (Å²) in [5.41, 5.74) is 1.83. The van der Waals surface area contributed by atoms with Crippen molar-refractivity contribution in [2.24, 2.45) is 5.92 Å². The quantitative estimate of drug-likeness (QED) is 0.220. The van der Waals surface area contributed by atoms with E-state index in [0.29, 0.717) is 47.9 Å². The zero-order valence-corrected chi connectivity index (χ0v) is 26.3. The highest BCUT2D eigenvalue weighted by Gasteiger charge is 2.36. The molecule has 1 amide bonds. The van der Waals surface area contributed by atoms with E-state index in [9.17, 15) is 10.1 Å². The fraction of sp³-hybridized carbons (Fsp3) is 0.576. The van der Waals surface area contributed by atoms with Crippen LogP contribution in [0.2, 0.25) is 0 Å². The molecule has 1 atom stereocenters. The molecule has 226 valence electrons. The van der Waals surface area contributed by atoms with Crippen LogP contribution in [0.15, 0.2) is 30.3 Å². The Kier molecular flexibility index (Phi) is 13.8. The summed E-state index contributed by atoms with van der Waals surface area (Å²) in [6.07, 6.45) is 5.37. The molecule has 0 saturated heterocycles. The number of carbonyl (C=O) groups excluding carboxylic acids is 1. The van der Waals surface area contributed by atoms with E-state index in [1.807, 2.05) is 24.3 Å². The average Bonchev–Trinajstić information content (AvgIpc) is 2.99. The summed E-state index contributed by atoms with van der Waals surface area (Å²) in [6, 6.07) is 12.1. The number of likely N-dealkylation sites (N-methyl/N-ethyl adjacent to an activating group) is 1. The number of ether oxygens (including phenoxy) is 4. The lowest BCUT2D eigenvalue weighted by Gasteiger charge is -2.32. The molecule has 0 saturated carbocycles. The molecule has 0 fully saturated rings. The molecule has 0 aromatic heterocycles. The average molecular weight is 568 g/mol. The second kappa shape index (κ2) is 16.7. The highest BCUT2D eigenvalue weighted by atomic mass is 16.5. The molecule has 2 aromatic carbocycles. The molecule has 8 heteroatoms. The maximum atomic E-state index is 13.1. The molecule has 2 rings (SSSR count). The number of carbonyl (C=O) groups is 1. The third-order valence-corrected chi connectivity index (χ3v) is 7.88. The van der Waals surface area contributed by atoms with Gasteiger partial charge in [0.1, 0.15) is 0 Å². The minimum atomic E-state index is -0.646. The van der Waals surface area contributed by atoms with Gasteiger partial charge in [-0.3, -0.25) is 4.79 Å². The minimum absolute atomic E-state index is 0.0923. The van der Waals surface area contributed by atoms with Crippen LogP contribution in [0.4, 0.5) is 0 Å². The molecule has 1 unspecified atom stereocenters. The molecule has 0 spiro atoms.